The SMILES string of the molecule is C=CCCCCCC.C=CCCCCCC.O=P(O)(O)O. The average molecular weight is 322 g/mol. The van der Waals surface area contributed by atoms with E-state index in [1.807, 2.05) is 12.2 Å². The fourth-order valence-electron chi connectivity index (χ4n) is 1.43. The topological polar surface area (TPSA) is 77.8 Å². The van der Waals surface area contributed by atoms with Gasteiger partial charge in [0.2, 0.25) is 0 Å². The number of phosphoric acid groups is 1. The zero-order valence-corrected chi connectivity index (χ0v) is 14.7. The Morgan fingerprint density at radius 2 is 1.05 bits per heavy atom. The summed E-state index contributed by atoms with van der Waals surface area (Å²) in [5.41, 5.74) is 0. The van der Waals surface area contributed by atoms with Crippen LogP contribution in [-0.2, 0) is 4.57 Å². The third kappa shape index (κ3) is 65.9. The van der Waals surface area contributed by atoms with Crippen molar-refractivity contribution in [1.29, 1.82) is 0 Å². The summed E-state index contributed by atoms with van der Waals surface area (Å²) in [5.74, 6) is 0. The van der Waals surface area contributed by atoms with E-state index in [4.69, 9.17) is 19.2 Å². The molecule has 0 heterocycles. The molecule has 0 aliphatic heterocycles. The van der Waals surface area contributed by atoms with Crippen LogP contribution in [0, 0.1) is 0 Å². The quantitative estimate of drug-likeness (QED) is 0.287. The van der Waals surface area contributed by atoms with E-state index < -0.39 is 7.82 Å². The molecule has 0 fully saturated rings. The van der Waals surface area contributed by atoms with Crippen LogP contribution in [0.15, 0.2) is 25.3 Å². The molecule has 0 aliphatic rings. The van der Waals surface area contributed by atoms with Crippen LogP contribution < -0.4 is 0 Å². The van der Waals surface area contributed by atoms with E-state index in [1.165, 1.54) is 64.2 Å². The molecule has 3 N–H and O–H groups in total. The molecule has 0 aromatic heterocycles. The highest BCUT2D eigenvalue weighted by atomic mass is 31.2. The molecule has 0 radical (unpaired) electrons. The number of rotatable bonds is 10. The minimum atomic E-state index is -4.64. The molecule has 4 nitrogen and oxygen atoms in total. The molecule has 128 valence electrons. The van der Waals surface area contributed by atoms with Crippen LogP contribution in [0.2, 0.25) is 0 Å². The van der Waals surface area contributed by atoms with Crippen LogP contribution >= 0.6 is 7.82 Å². The Hall–Kier alpha value is -0.410. The van der Waals surface area contributed by atoms with Crippen LogP contribution in [0.1, 0.15) is 78.1 Å². The first-order chi connectivity index (χ1) is 9.83. The Labute approximate surface area is 131 Å². The van der Waals surface area contributed by atoms with Gasteiger partial charge in [-0.1, -0.05) is 64.5 Å². The normalized spacial score (nSPS) is 9.76. The Morgan fingerprint density at radius 3 is 1.24 bits per heavy atom. The number of hydrogen-bond acceptors (Lipinski definition) is 1. The summed E-state index contributed by atoms with van der Waals surface area (Å²) >= 11 is 0. The van der Waals surface area contributed by atoms with Gasteiger partial charge < -0.3 is 14.7 Å². The van der Waals surface area contributed by atoms with Crippen molar-refractivity contribution in [3.05, 3.63) is 25.3 Å². The van der Waals surface area contributed by atoms with Crippen molar-refractivity contribution in [2.45, 2.75) is 78.1 Å². The van der Waals surface area contributed by atoms with Gasteiger partial charge in [0.05, 0.1) is 0 Å². The van der Waals surface area contributed by atoms with Crippen LogP contribution in [-0.4, -0.2) is 14.7 Å². The summed E-state index contributed by atoms with van der Waals surface area (Å²) in [5, 5.41) is 0. The van der Waals surface area contributed by atoms with E-state index in [-0.39, 0.29) is 0 Å². The second kappa shape index (κ2) is 21.9. The van der Waals surface area contributed by atoms with E-state index in [1.54, 1.807) is 0 Å². The molecule has 0 saturated heterocycles. The largest absolute Gasteiger partial charge is 0.466 e. The fraction of sp³-hybridized carbons (Fsp3) is 0.750. The van der Waals surface area contributed by atoms with Gasteiger partial charge in [-0.25, -0.2) is 4.57 Å². The monoisotopic (exact) mass is 322 g/mol. The number of hydrogen-bond donors (Lipinski definition) is 3. The molecule has 0 saturated carbocycles. The van der Waals surface area contributed by atoms with Crippen molar-refractivity contribution in [3.8, 4) is 0 Å². The first kappa shape index (κ1) is 25.5. The summed E-state index contributed by atoms with van der Waals surface area (Å²) in [6.07, 6.45) is 17.2. The molecule has 0 unspecified atom stereocenters. The van der Waals surface area contributed by atoms with Crippen molar-refractivity contribution in [2.24, 2.45) is 0 Å². The fourth-order valence-corrected chi connectivity index (χ4v) is 1.43. The molecular formula is C16H35O4P. The first-order valence-electron chi connectivity index (χ1n) is 7.83. The Bertz CT molecular complexity index is 224. The highest BCUT2D eigenvalue weighted by Crippen LogP contribution is 2.25. The summed E-state index contributed by atoms with van der Waals surface area (Å²) in [4.78, 5) is 21.6. The molecule has 0 aromatic carbocycles. The van der Waals surface area contributed by atoms with E-state index in [2.05, 4.69) is 27.0 Å². The van der Waals surface area contributed by atoms with Crippen molar-refractivity contribution in [1.82, 2.24) is 0 Å². The predicted molar refractivity (Wildman–Crippen MR) is 92.2 cm³/mol. The molecule has 0 bridgehead atoms. The minimum absolute atomic E-state index is 1.19. The average Bonchev–Trinajstić information content (AvgIpc) is 2.39. The van der Waals surface area contributed by atoms with Crippen LogP contribution in [0.25, 0.3) is 0 Å². The molecule has 0 amide bonds. The van der Waals surface area contributed by atoms with Gasteiger partial charge in [-0.15, -0.1) is 13.2 Å². The van der Waals surface area contributed by atoms with Crippen molar-refractivity contribution in [2.75, 3.05) is 0 Å². The van der Waals surface area contributed by atoms with Crippen LogP contribution in [0.5, 0.6) is 0 Å². The van der Waals surface area contributed by atoms with Crippen molar-refractivity contribution >= 4 is 7.82 Å². The molecule has 0 aliphatic carbocycles. The van der Waals surface area contributed by atoms with Gasteiger partial charge in [0, 0.05) is 0 Å². The summed E-state index contributed by atoms with van der Waals surface area (Å²) in [6.45, 7) is 11.8. The van der Waals surface area contributed by atoms with Crippen molar-refractivity contribution in [3.63, 3.8) is 0 Å². The Balaban J connectivity index is -0.000000239. The van der Waals surface area contributed by atoms with Gasteiger partial charge in [0.15, 0.2) is 0 Å². The lowest BCUT2D eigenvalue weighted by Crippen LogP contribution is -1.71. The van der Waals surface area contributed by atoms with Crippen molar-refractivity contribution < 1.29 is 19.2 Å². The summed E-state index contributed by atoms with van der Waals surface area (Å²) < 4.78 is 8.88. The first-order valence-corrected chi connectivity index (χ1v) is 9.39. The maximum absolute atomic E-state index is 8.88. The second-order valence-corrected chi connectivity index (χ2v) is 5.82. The molecule has 0 atom stereocenters. The van der Waals surface area contributed by atoms with Gasteiger partial charge in [-0.05, 0) is 25.7 Å². The second-order valence-electron chi connectivity index (χ2n) is 4.79. The number of unbranched alkanes of at least 4 members (excludes halogenated alkanes) is 8. The molecular weight excluding hydrogens is 287 g/mol. The lowest BCUT2D eigenvalue weighted by Gasteiger charge is -1.91. The maximum Gasteiger partial charge on any atom is 0.466 e. The zero-order valence-electron chi connectivity index (χ0n) is 13.8. The van der Waals surface area contributed by atoms with Crippen LogP contribution in [0.3, 0.4) is 0 Å². The van der Waals surface area contributed by atoms with E-state index in [0.717, 1.165) is 0 Å². The molecule has 0 rings (SSSR count). The highest BCUT2D eigenvalue weighted by Gasteiger charge is 2.00. The minimum Gasteiger partial charge on any atom is -0.303 e. The standard InChI is InChI=1S/2C8H16.H3O4P/c2*1-3-5-7-8-6-4-2;1-5(2,3)4/h2*3H,1,4-8H2,2H3;(H3,1,2,3,4). The Kier molecular flexibility index (Phi) is 26.6. The summed E-state index contributed by atoms with van der Waals surface area (Å²) in [7, 11) is -4.64. The Morgan fingerprint density at radius 1 is 0.762 bits per heavy atom. The van der Waals surface area contributed by atoms with Gasteiger partial charge in [0.25, 0.3) is 0 Å². The van der Waals surface area contributed by atoms with E-state index in [9.17, 15) is 0 Å². The van der Waals surface area contributed by atoms with Gasteiger partial charge >= 0.3 is 7.82 Å². The van der Waals surface area contributed by atoms with Crippen LogP contribution in [0.4, 0.5) is 0 Å². The summed E-state index contributed by atoms with van der Waals surface area (Å²) in [6, 6.07) is 0. The molecule has 5 heteroatoms. The third-order valence-corrected chi connectivity index (χ3v) is 2.52. The predicted octanol–water partition coefficient (Wildman–Crippen LogP) is 5.36. The molecule has 0 spiro atoms. The lowest BCUT2D eigenvalue weighted by molar-refractivity contribution is 0.275. The zero-order chi connectivity index (χ0) is 17.0. The van der Waals surface area contributed by atoms with E-state index in [0.29, 0.717) is 0 Å². The smallest absolute Gasteiger partial charge is 0.303 e. The third-order valence-electron chi connectivity index (χ3n) is 2.52. The molecule has 0 aromatic rings. The number of allylic oxidation sites excluding steroid dienone is 2. The maximum atomic E-state index is 8.88. The lowest BCUT2D eigenvalue weighted by atomic mass is 10.2. The molecule has 21 heavy (non-hydrogen) atoms. The van der Waals surface area contributed by atoms with Gasteiger partial charge in [-0.2, -0.15) is 0 Å². The van der Waals surface area contributed by atoms with E-state index >= 15 is 0 Å². The van der Waals surface area contributed by atoms with Gasteiger partial charge in [0.1, 0.15) is 0 Å². The highest BCUT2D eigenvalue weighted by molar-refractivity contribution is 7.45. The van der Waals surface area contributed by atoms with Gasteiger partial charge in [-0.3, -0.25) is 0 Å².